The van der Waals surface area contributed by atoms with Gasteiger partial charge in [0.1, 0.15) is 0 Å². The lowest BCUT2D eigenvalue weighted by Crippen LogP contribution is -2.11. The van der Waals surface area contributed by atoms with Gasteiger partial charge in [0.2, 0.25) is 0 Å². The van der Waals surface area contributed by atoms with Crippen molar-refractivity contribution in [2.24, 2.45) is 11.8 Å². The molecule has 0 aromatic carbocycles. The Bertz CT molecular complexity index is 200. The van der Waals surface area contributed by atoms with Gasteiger partial charge in [-0.05, 0) is 25.2 Å². The van der Waals surface area contributed by atoms with Crippen LogP contribution in [0.5, 0.6) is 0 Å². The summed E-state index contributed by atoms with van der Waals surface area (Å²) in [5, 5.41) is 17.1. The third kappa shape index (κ3) is 6.46. The number of aliphatic carboxylic acids is 2. The van der Waals surface area contributed by atoms with Crippen molar-refractivity contribution in [2.45, 2.75) is 39.5 Å². The van der Waals surface area contributed by atoms with Gasteiger partial charge in [-0.25, -0.2) is 0 Å². The molecule has 4 heteroatoms. The summed E-state index contributed by atoms with van der Waals surface area (Å²) >= 11 is 0. The van der Waals surface area contributed by atoms with Crippen molar-refractivity contribution in [2.75, 3.05) is 0 Å². The van der Waals surface area contributed by atoms with E-state index in [2.05, 4.69) is 0 Å². The maximum absolute atomic E-state index is 10.5. The van der Waals surface area contributed by atoms with Crippen LogP contribution in [0.4, 0.5) is 0 Å². The summed E-state index contributed by atoms with van der Waals surface area (Å²) in [6, 6.07) is 0. The van der Waals surface area contributed by atoms with E-state index in [0.29, 0.717) is 12.8 Å². The average Bonchev–Trinajstić information content (AvgIpc) is 2.10. The Hall–Kier alpha value is -1.06. The molecular formula is C10H18O4. The van der Waals surface area contributed by atoms with Crippen molar-refractivity contribution in [3.05, 3.63) is 0 Å². The van der Waals surface area contributed by atoms with E-state index >= 15 is 0 Å². The van der Waals surface area contributed by atoms with Crippen molar-refractivity contribution in [1.82, 2.24) is 0 Å². The minimum atomic E-state index is -0.789. The van der Waals surface area contributed by atoms with Gasteiger partial charge in [0, 0.05) is 6.42 Å². The number of carboxylic acids is 2. The Kier molecular flexibility index (Phi) is 5.92. The van der Waals surface area contributed by atoms with E-state index in [1.54, 1.807) is 6.92 Å². The van der Waals surface area contributed by atoms with Crippen LogP contribution in [0, 0.1) is 11.8 Å². The predicted octanol–water partition coefficient (Wildman–Crippen LogP) is 1.99. The first-order valence-electron chi connectivity index (χ1n) is 4.88. The van der Waals surface area contributed by atoms with Gasteiger partial charge in [0.25, 0.3) is 0 Å². The molecule has 0 spiro atoms. The van der Waals surface area contributed by atoms with Gasteiger partial charge in [-0.3, -0.25) is 9.59 Å². The number of rotatable bonds is 7. The molecule has 2 N–H and O–H groups in total. The van der Waals surface area contributed by atoms with Crippen LogP contribution in [0.2, 0.25) is 0 Å². The highest BCUT2D eigenvalue weighted by molar-refractivity contribution is 5.69. The molecule has 82 valence electrons. The molecule has 0 heterocycles. The molecule has 0 aliphatic rings. The molecule has 2 atom stereocenters. The highest BCUT2D eigenvalue weighted by atomic mass is 16.4. The van der Waals surface area contributed by atoms with Crippen molar-refractivity contribution < 1.29 is 19.8 Å². The van der Waals surface area contributed by atoms with Gasteiger partial charge in [0.05, 0.1) is 5.92 Å². The molecule has 0 fully saturated rings. The van der Waals surface area contributed by atoms with E-state index in [4.69, 9.17) is 10.2 Å². The van der Waals surface area contributed by atoms with Crippen LogP contribution in [-0.2, 0) is 9.59 Å². The molecule has 0 aliphatic carbocycles. The van der Waals surface area contributed by atoms with Gasteiger partial charge in [-0.2, -0.15) is 0 Å². The molecule has 0 amide bonds. The summed E-state index contributed by atoms with van der Waals surface area (Å²) in [5.74, 6) is -1.62. The Morgan fingerprint density at radius 2 is 1.64 bits per heavy atom. The molecule has 4 nitrogen and oxygen atoms in total. The van der Waals surface area contributed by atoms with Gasteiger partial charge in [0.15, 0.2) is 0 Å². The Balaban J connectivity index is 3.58. The molecule has 0 saturated carbocycles. The lowest BCUT2D eigenvalue weighted by Gasteiger charge is -2.11. The SMILES string of the molecule is CC(CCC(=O)O)CCC(C)C(=O)O. The largest absolute Gasteiger partial charge is 0.481 e. The Morgan fingerprint density at radius 1 is 1.07 bits per heavy atom. The summed E-state index contributed by atoms with van der Waals surface area (Å²) in [6.45, 7) is 3.63. The zero-order valence-corrected chi connectivity index (χ0v) is 8.69. The average molecular weight is 202 g/mol. The van der Waals surface area contributed by atoms with Gasteiger partial charge in [-0.15, -0.1) is 0 Å². The summed E-state index contributed by atoms with van der Waals surface area (Å²) in [4.78, 5) is 20.7. The molecule has 14 heavy (non-hydrogen) atoms. The summed E-state index contributed by atoms with van der Waals surface area (Å²) in [6.07, 6.45) is 2.20. The minimum absolute atomic E-state index is 0.169. The smallest absolute Gasteiger partial charge is 0.306 e. The van der Waals surface area contributed by atoms with Crippen molar-refractivity contribution in [3.63, 3.8) is 0 Å². The number of carbonyl (C=O) groups is 2. The molecule has 0 aromatic heterocycles. The third-order valence-electron chi connectivity index (χ3n) is 2.37. The van der Waals surface area contributed by atoms with E-state index in [9.17, 15) is 9.59 Å². The first-order valence-corrected chi connectivity index (χ1v) is 4.88. The third-order valence-corrected chi connectivity index (χ3v) is 2.37. The fourth-order valence-electron chi connectivity index (χ4n) is 1.17. The van der Waals surface area contributed by atoms with E-state index in [0.717, 1.165) is 6.42 Å². The second kappa shape index (κ2) is 6.40. The maximum Gasteiger partial charge on any atom is 0.306 e. The van der Waals surface area contributed by atoms with Crippen molar-refractivity contribution in [1.29, 1.82) is 0 Å². The van der Waals surface area contributed by atoms with Crippen LogP contribution in [0.15, 0.2) is 0 Å². The maximum atomic E-state index is 10.5. The zero-order valence-electron chi connectivity index (χ0n) is 8.69. The van der Waals surface area contributed by atoms with Gasteiger partial charge in [-0.1, -0.05) is 13.8 Å². The van der Waals surface area contributed by atoms with Crippen LogP contribution in [0.1, 0.15) is 39.5 Å². The van der Waals surface area contributed by atoms with E-state index in [1.807, 2.05) is 6.92 Å². The van der Waals surface area contributed by atoms with Crippen LogP contribution < -0.4 is 0 Å². The van der Waals surface area contributed by atoms with Crippen LogP contribution in [0.25, 0.3) is 0 Å². The number of hydrogen-bond donors (Lipinski definition) is 2. The lowest BCUT2D eigenvalue weighted by atomic mass is 9.95. The Labute approximate surface area is 83.9 Å². The molecule has 0 aliphatic heterocycles. The lowest BCUT2D eigenvalue weighted by molar-refractivity contribution is -0.141. The second-order valence-electron chi connectivity index (χ2n) is 3.85. The fraction of sp³-hybridized carbons (Fsp3) is 0.800. The molecule has 0 radical (unpaired) electrons. The molecule has 0 aromatic rings. The minimum Gasteiger partial charge on any atom is -0.481 e. The van der Waals surface area contributed by atoms with E-state index in [-0.39, 0.29) is 18.3 Å². The summed E-state index contributed by atoms with van der Waals surface area (Å²) < 4.78 is 0. The molecule has 2 unspecified atom stereocenters. The first kappa shape index (κ1) is 12.9. The van der Waals surface area contributed by atoms with Gasteiger partial charge < -0.3 is 10.2 Å². The quantitative estimate of drug-likeness (QED) is 0.662. The molecule has 0 saturated heterocycles. The van der Waals surface area contributed by atoms with Crippen LogP contribution >= 0.6 is 0 Å². The Morgan fingerprint density at radius 3 is 2.07 bits per heavy atom. The number of carboxylic acid groups (broad SMARTS) is 2. The van der Waals surface area contributed by atoms with Crippen molar-refractivity contribution >= 4 is 11.9 Å². The van der Waals surface area contributed by atoms with Gasteiger partial charge >= 0.3 is 11.9 Å². The topological polar surface area (TPSA) is 74.6 Å². The predicted molar refractivity (Wildman–Crippen MR) is 52.1 cm³/mol. The summed E-state index contributed by atoms with van der Waals surface area (Å²) in [5.41, 5.74) is 0. The van der Waals surface area contributed by atoms with Crippen LogP contribution in [-0.4, -0.2) is 22.2 Å². The second-order valence-corrected chi connectivity index (χ2v) is 3.85. The van der Waals surface area contributed by atoms with E-state index in [1.165, 1.54) is 0 Å². The molecule has 0 rings (SSSR count). The fourth-order valence-corrected chi connectivity index (χ4v) is 1.17. The monoisotopic (exact) mass is 202 g/mol. The zero-order chi connectivity index (χ0) is 11.1. The number of hydrogen-bond acceptors (Lipinski definition) is 2. The first-order chi connectivity index (χ1) is 6.43. The highest BCUT2D eigenvalue weighted by Gasteiger charge is 2.13. The highest BCUT2D eigenvalue weighted by Crippen LogP contribution is 2.16. The normalized spacial score (nSPS) is 14.7. The van der Waals surface area contributed by atoms with Crippen molar-refractivity contribution in [3.8, 4) is 0 Å². The molecular weight excluding hydrogens is 184 g/mol. The summed E-state index contributed by atoms with van der Waals surface area (Å²) in [7, 11) is 0. The van der Waals surface area contributed by atoms with E-state index < -0.39 is 11.9 Å². The standard InChI is InChI=1S/C10H18O4/c1-7(4-6-9(11)12)3-5-8(2)10(13)14/h7-8H,3-6H2,1-2H3,(H,11,12)(H,13,14). The molecule has 0 bridgehead atoms. The van der Waals surface area contributed by atoms with Crippen LogP contribution in [0.3, 0.4) is 0 Å².